The zero-order chi connectivity index (χ0) is 21.1. The summed E-state index contributed by atoms with van der Waals surface area (Å²) < 4.78 is 5.06. The lowest BCUT2D eigenvalue weighted by atomic mass is 10.1. The van der Waals surface area contributed by atoms with Crippen LogP contribution in [0.2, 0.25) is 0 Å². The van der Waals surface area contributed by atoms with Gasteiger partial charge in [0.05, 0.1) is 7.11 Å². The van der Waals surface area contributed by atoms with Crippen molar-refractivity contribution < 1.29 is 9.53 Å². The molecule has 0 spiro atoms. The van der Waals surface area contributed by atoms with Gasteiger partial charge in [0, 0.05) is 56.8 Å². The number of rotatable bonds is 5. The highest BCUT2D eigenvalue weighted by Gasteiger charge is 2.13. The van der Waals surface area contributed by atoms with E-state index in [9.17, 15) is 9.59 Å². The third-order valence-electron chi connectivity index (χ3n) is 4.51. The average molecular weight is 399 g/mol. The smallest absolute Gasteiger partial charge is 0.271 e. The van der Waals surface area contributed by atoms with Crippen LogP contribution in [0.5, 0.6) is 5.88 Å². The van der Waals surface area contributed by atoms with E-state index in [0.29, 0.717) is 18.1 Å². The Kier molecular flexibility index (Phi) is 8.91. The maximum absolute atomic E-state index is 11.4. The number of pyridine rings is 2. The van der Waals surface area contributed by atoms with Gasteiger partial charge in [-0.3, -0.25) is 9.59 Å². The number of hydrogen-bond donors (Lipinski definition) is 3. The highest BCUT2D eigenvalue weighted by molar-refractivity contribution is 5.87. The van der Waals surface area contributed by atoms with E-state index in [0.717, 1.165) is 37.1 Å². The number of aromatic amines is 1. The largest absolute Gasteiger partial charge is 0.481 e. The molecule has 4 N–H and O–H groups in total. The molecule has 3 heterocycles. The Morgan fingerprint density at radius 2 is 2.07 bits per heavy atom. The number of nitrogens with zero attached hydrogens (tertiary/aromatic N) is 2. The van der Waals surface area contributed by atoms with Gasteiger partial charge in [-0.25, -0.2) is 4.98 Å². The van der Waals surface area contributed by atoms with E-state index in [1.807, 2.05) is 17.0 Å². The predicted octanol–water partition coefficient (Wildman–Crippen LogP) is 2.00. The van der Waals surface area contributed by atoms with Crippen molar-refractivity contribution >= 4 is 11.6 Å². The van der Waals surface area contributed by atoms with Crippen molar-refractivity contribution in [2.24, 2.45) is 5.73 Å². The normalized spacial score (nSPS) is 13.6. The molecule has 1 amide bonds. The number of amides is 1. The van der Waals surface area contributed by atoms with Crippen LogP contribution in [-0.2, 0) is 4.79 Å². The highest BCUT2D eigenvalue weighted by atomic mass is 16.5. The Morgan fingerprint density at radius 1 is 1.31 bits per heavy atom. The van der Waals surface area contributed by atoms with E-state index in [2.05, 4.69) is 15.3 Å². The summed E-state index contributed by atoms with van der Waals surface area (Å²) in [6.45, 7) is 2.26. The van der Waals surface area contributed by atoms with Crippen molar-refractivity contribution in [1.29, 1.82) is 0 Å². The number of piperidine rings is 1. The Morgan fingerprint density at radius 3 is 2.72 bits per heavy atom. The summed E-state index contributed by atoms with van der Waals surface area (Å²) in [6, 6.07) is 5.45. The quantitative estimate of drug-likeness (QED) is 0.663. The Hall–Kier alpha value is -3.13. The van der Waals surface area contributed by atoms with Crippen LogP contribution in [0.15, 0.2) is 47.5 Å². The van der Waals surface area contributed by atoms with Crippen molar-refractivity contribution in [2.75, 3.05) is 39.1 Å². The van der Waals surface area contributed by atoms with Gasteiger partial charge in [0.1, 0.15) is 5.69 Å². The average Bonchev–Trinajstić information content (AvgIpc) is 2.78. The Labute approximate surface area is 170 Å². The van der Waals surface area contributed by atoms with Crippen molar-refractivity contribution in [3.8, 4) is 17.0 Å². The molecule has 1 fully saturated rings. The van der Waals surface area contributed by atoms with Crippen LogP contribution in [0.3, 0.4) is 0 Å². The number of nitrogens with one attached hydrogen (secondary N) is 2. The number of carbonyl (C=O) groups excluding carboxylic acids is 1. The Balaban J connectivity index is 0.000000221. The summed E-state index contributed by atoms with van der Waals surface area (Å²) in [5.74, 6) is 0.653. The molecule has 0 aromatic carbocycles. The van der Waals surface area contributed by atoms with Crippen molar-refractivity contribution in [2.45, 2.75) is 19.3 Å². The molecule has 8 heteroatoms. The first kappa shape index (κ1) is 22.2. The molecular weight excluding hydrogens is 370 g/mol. The molecule has 0 atom stereocenters. The number of carbonyl (C=O) groups is 1. The first-order chi connectivity index (χ1) is 14.1. The maximum Gasteiger partial charge on any atom is 0.271 e. The number of ether oxygens (including phenoxy) is 1. The molecule has 2 aromatic rings. The summed E-state index contributed by atoms with van der Waals surface area (Å²) in [6.07, 6.45) is 10.1. The SMILES string of the molecule is CNc1cc(-c2ccnc(OC)c2)c[nH]c1=O.NC/C=C/C(=O)N1CCCCC1. The van der Waals surface area contributed by atoms with E-state index >= 15 is 0 Å². The monoisotopic (exact) mass is 399 g/mol. The van der Waals surface area contributed by atoms with Crippen LogP contribution < -0.4 is 21.3 Å². The summed E-state index contributed by atoms with van der Waals surface area (Å²) in [4.78, 5) is 31.3. The van der Waals surface area contributed by atoms with Crippen molar-refractivity contribution in [3.05, 3.63) is 53.1 Å². The molecule has 0 bridgehead atoms. The summed E-state index contributed by atoms with van der Waals surface area (Å²) >= 11 is 0. The van der Waals surface area contributed by atoms with Gasteiger partial charge in [-0.2, -0.15) is 0 Å². The van der Waals surface area contributed by atoms with Gasteiger partial charge in [-0.15, -0.1) is 0 Å². The molecule has 1 saturated heterocycles. The lowest BCUT2D eigenvalue weighted by molar-refractivity contribution is -0.126. The first-order valence-electron chi connectivity index (χ1n) is 9.65. The number of hydrogen-bond acceptors (Lipinski definition) is 6. The van der Waals surface area contributed by atoms with Gasteiger partial charge in [0.2, 0.25) is 11.8 Å². The van der Waals surface area contributed by atoms with Crippen LogP contribution in [0.25, 0.3) is 11.1 Å². The van der Waals surface area contributed by atoms with Crippen molar-refractivity contribution in [1.82, 2.24) is 14.9 Å². The second-order valence-corrected chi connectivity index (χ2v) is 6.49. The minimum Gasteiger partial charge on any atom is -0.481 e. The number of H-pyrrole nitrogens is 1. The molecule has 3 rings (SSSR count). The molecular formula is C21H29N5O3. The number of likely N-dealkylation sites (tertiary alicyclic amines) is 1. The molecule has 0 unspecified atom stereocenters. The lowest BCUT2D eigenvalue weighted by Gasteiger charge is -2.25. The van der Waals surface area contributed by atoms with Gasteiger partial charge in [0.15, 0.2) is 0 Å². The van der Waals surface area contributed by atoms with E-state index in [1.54, 1.807) is 44.8 Å². The standard InChI is InChI=1S/C12H13N3O2.C9H16N2O/c1-13-10-5-9(7-15-12(10)16)8-3-4-14-11(6-8)17-2;10-6-4-5-9(12)11-7-2-1-3-8-11/h3-7,13H,1-2H3,(H,15,16);4-5H,1-3,6-8,10H2/b;5-4+. The van der Waals surface area contributed by atoms with Crippen LogP contribution in [0.4, 0.5) is 5.69 Å². The zero-order valence-electron chi connectivity index (χ0n) is 17.0. The maximum atomic E-state index is 11.4. The minimum atomic E-state index is -0.141. The van der Waals surface area contributed by atoms with Crippen molar-refractivity contribution in [3.63, 3.8) is 0 Å². The van der Waals surface area contributed by atoms with Gasteiger partial charge in [-0.1, -0.05) is 6.08 Å². The second-order valence-electron chi connectivity index (χ2n) is 6.49. The van der Waals surface area contributed by atoms with E-state index in [4.69, 9.17) is 10.5 Å². The number of aromatic nitrogens is 2. The lowest BCUT2D eigenvalue weighted by Crippen LogP contribution is -2.34. The number of nitrogens with two attached hydrogens (primary N) is 1. The summed E-state index contributed by atoms with van der Waals surface area (Å²) in [7, 11) is 3.28. The van der Waals surface area contributed by atoms with Gasteiger partial charge >= 0.3 is 0 Å². The Bertz CT molecular complexity index is 873. The third-order valence-corrected chi connectivity index (χ3v) is 4.51. The van der Waals surface area contributed by atoms with Crippen LogP contribution in [0.1, 0.15) is 19.3 Å². The third kappa shape index (κ3) is 6.76. The fourth-order valence-corrected chi connectivity index (χ4v) is 2.93. The minimum absolute atomic E-state index is 0.111. The van der Waals surface area contributed by atoms with Crippen LogP contribution in [-0.4, -0.2) is 54.6 Å². The van der Waals surface area contributed by atoms with Gasteiger partial charge in [0.25, 0.3) is 5.56 Å². The number of anilines is 1. The molecule has 2 aromatic heterocycles. The number of methoxy groups -OCH3 is 1. The van der Waals surface area contributed by atoms with Gasteiger partial charge < -0.3 is 25.7 Å². The highest BCUT2D eigenvalue weighted by Crippen LogP contribution is 2.22. The summed E-state index contributed by atoms with van der Waals surface area (Å²) in [5, 5.41) is 2.84. The molecule has 8 nitrogen and oxygen atoms in total. The molecule has 1 aliphatic rings. The summed E-state index contributed by atoms with van der Waals surface area (Å²) in [5.41, 5.74) is 7.47. The second kappa shape index (κ2) is 11.7. The molecule has 0 aliphatic carbocycles. The predicted molar refractivity (Wildman–Crippen MR) is 115 cm³/mol. The fourth-order valence-electron chi connectivity index (χ4n) is 2.93. The topological polar surface area (TPSA) is 113 Å². The van der Waals surface area contributed by atoms with E-state index in [-0.39, 0.29) is 11.5 Å². The zero-order valence-corrected chi connectivity index (χ0v) is 17.0. The first-order valence-corrected chi connectivity index (χ1v) is 9.65. The molecule has 0 saturated carbocycles. The molecule has 0 radical (unpaired) electrons. The molecule has 156 valence electrons. The molecule has 29 heavy (non-hydrogen) atoms. The molecule has 1 aliphatic heterocycles. The fraction of sp³-hybridized carbons (Fsp3) is 0.381. The van der Waals surface area contributed by atoms with Crippen LogP contribution in [0, 0.1) is 0 Å². The van der Waals surface area contributed by atoms with E-state index < -0.39 is 0 Å². The van der Waals surface area contributed by atoms with Gasteiger partial charge in [-0.05, 0) is 37.0 Å². The van der Waals surface area contributed by atoms with Crippen LogP contribution >= 0.6 is 0 Å². The van der Waals surface area contributed by atoms with E-state index in [1.165, 1.54) is 6.42 Å².